The van der Waals surface area contributed by atoms with Crippen LogP contribution in [-0.2, 0) is 20.8 Å². The number of thioether (sulfide) groups is 1. The Morgan fingerprint density at radius 1 is 1.14 bits per heavy atom. The molecule has 3 heterocycles. The van der Waals surface area contributed by atoms with Crippen molar-refractivity contribution in [2.45, 2.75) is 75.2 Å². The van der Waals surface area contributed by atoms with Crippen molar-refractivity contribution >= 4 is 34.5 Å². The highest BCUT2D eigenvalue weighted by Crippen LogP contribution is 2.35. The average molecular weight is 500 g/mol. The van der Waals surface area contributed by atoms with E-state index >= 15 is 0 Å². The number of amides is 1. The third-order valence-corrected chi connectivity index (χ3v) is 8.60. The molecular formula is C26H33N3O5S. The molecule has 3 aliphatic rings. The Balaban J connectivity index is 1.42. The van der Waals surface area contributed by atoms with E-state index in [0.29, 0.717) is 46.7 Å². The quantitative estimate of drug-likeness (QED) is 0.340. The number of carbonyl (C=O) groups is 2. The van der Waals surface area contributed by atoms with E-state index in [4.69, 9.17) is 14.5 Å². The number of methoxy groups -OCH3 is 1. The highest BCUT2D eigenvalue weighted by molar-refractivity contribution is 7.99. The fraction of sp³-hybridized carbons (Fsp3) is 0.615. The first kappa shape index (κ1) is 24.3. The van der Waals surface area contributed by atoms with Crippen LogP contribution in [0.4, 0.5) is 0 Å². The third kappa shape index (κ3) is 5.11. The average Bonchev–Trinajstić information content (AvgIpc) is 3.41. The first-order chi connectivity index (χ1) is 17.0. The molecule has 8 nitrogen and oxygen atoms in total. The van der Waals surface area contributed by atoms with Gasteiger partial charge in [-0.3, -0.25) is 14.2 Å². The maximum absolute atomic E-state index is 13.5. The van der Waals surface area contributed by atoms with Crippen molar-refractivity contribution in [3.63, 3.8) is 0 Å². The van der Waals surface area contributed by atoms with Crippen LogP contribution < -0.4 is 5.56 Å². The van der Waals surface area contributed by atoms with Gasteiger partial charge in [-0.25, -0.2) is 9.78 Å². The van der Waals surface area contributed by atoms with Crippen LogP contribution >= 0.6 is 11.8 Å². The maximum atomic E-state index is 13.5. The van der Waals surface area contributed by atoms with Crippen LogP contribution in [0.1, 0.15) is 61.7 Å². The summed E-state index contributed by atoms with van der Waals surface area (Å²) in [5.41, 5.74) is 0.594. The summed E-state index contributed by atoms with van der Waals surface area (Å²) in [6, 6.07) is 5.15. The molecule has 2 saturated heterocycles. The number of ether oxygens (including phenoxy) is 2. The van der Waals surface area contributed by atoms with Gasteiger partial charge in [0.1, 0.15) is 0 Å². The van der Waals surface area contributed by atoms with Gasteiger partial charge in [0.05, 0.1) is 42.0 Å². The Morgan fingerprint density at radius 2 is 1.97 bits per heavy atom. The molecule has 2 aliphatic heterocycles. The zero-order valence-corrected chi connectivity index (χ0v) is 21.1. The molecule has 2 aromatic rings. The molecule has 1 saturated carbocycles. The van der Waals surface area contributed by atoms with Crippen molar-refractivity contribution in [1.29, 1.82) is 0 Å². The van der Waals surface area contributed by atoms with Crippen LogP contribution in [0.15, 0.2) is 28.2 Å². The van der Waals surface area contributed by atoms with Crippen molar-refractivity contribution in [2.75, 3.05) is 26.0 Å². The molecule has 188 valence electrons. The lowest BCUT2D eigenvalue weighted by Gasteiger charge is -2.44. The van der Waals surface area contributed by atoms with Crippen LogP contribution in [0, 0.1) is 5.92 Å². The monoisotopic (exact) mass is 499 g/mol. The Hall–Kier alpha value is -2.39. The summed E-state index contributed by atoms with van der Waals surface area (Å²) >= 11 is 1.31. The van der Waals surface area contributed by atoms with Gasteiger partial charge in [-0.2, -0.15) is 0 Å². The number of rotatable bonds is 6. The largest absolute Gasteiger partial charge is 0.465 e. The van der Waals surface area contributed by atoms with Gasteiger partial charge in [-0.05, 0) is 62.6 Å². The van der Waals surface area contributed by atoms with E-state index in [1.807, 2.05) is 0 Å². The normalized spacial score (nSPS) is 24.4. The lowest BCUT2D eigenvalue weighted by atomic mass is 9.78. The number of aromatic nitrogens is 2. The summed E-state index contributed by atoms with van der Waals surface area (Å²) in [4.78, 5) is 45.6. The number of piperidine rings is 1. The van der Waals surface area contributed by atoms with E-state index in [1.54, 1.807) is 22.8 Å². The number of fused-ring (bicyclic) bond motifs is 2. The Kier molecular flexibility index (Phi) is 7.43. The van der Waals surface area contributed by atoms with Crippen molar-refractivity contribution in [3.8, 4) is 0 Å². The second-order valence-corrected chi connectivity index (χ2v) is 10.7. The Labute approximate surface area is 209 Å². The first-order valence-corrected chi connectivity index (χ1v) is 13.7. The molecule has 3 atom stereocenters. The lowest BCUT2D eigenvalue weighted by molar-refractivity contribution is -0.134. The van der Waals surface area contributed by atoms with E-state index in [2.05, 4.69) is 4.90 Å². The predicted molar refractivity (Wildman–Crippen MR) is 134 cm³/mol. The van der Waals surface area contributed by atoms with E-state index in [9.17, 15) is 14.4 Å². The van der Waals surface area contributed by atoms with Crippen LogP contribution in [0.3, 0.4) is 0 Å². The lowest BCUT2D eigenvalue weighted by Crippen LogP contribution is -2.50. The molecule has 1 aromatic heterocycles. The molecule has 35 heavy (non-hydrogen) atoms. The van der Waals surface area contributed by atoms with Gasteiger partial charge >= 0.3 is 5.97 Å². The molecule has 5 rings (SSSR count). The van der Waals surface area contributed by atoms with Gasteiger partial charge in [0.2, 0.25) is 5.91 Å². The minimum atomic E-state index is -0.478. The molecule has 0 spiro atoms. The smallest absolute Gasteiger partial charge is 0.337 e. The van der Waals surface area contributed by atoms with Crippen molar-refractivity contribution < 1.29 is 19.1 Å². The second kappa shape index (κ2) is 10.7. The molecule has 1 aromatic carbocycles. The summed E-state index contributed by atoms with van der Waals surface area (Å²) in [7, 11) is 1.32. The number of benzene rings is 1. The third-order valence-electron chi connectivity index (χ3n) is 7.64. The van der Waals surface area contributed by atoms with Crippen molar-refractivity contribution in [3.05, 3.63) is 34.1 Å². The summed E-state index contributed by atoms with van der Waals surface area (Å²) in [6.45, 7) is 1.92. The number of nitrogens with zero attached hydrogens (tertiary/aromatic N) is 3. The molecule has 1 amide bonds. The van der Waals surface area contributed by atoms with Gasteiger partial charge in [0, 0.05) is 19.2 Å². The summed E-state index contributed by atoms with van der Waals surface area (Å²) in [5.74, 6) is 0.505. The van der Waals surface area contributed by atoms with Crippen molar-refractivity contribution in [1.82, 2.24) is 14.5 Å². The fourth-order valence-corrected chi connectivity index (χ4v) is 6.75. The van der Waals surface area contributed by atoms with Gasteiger partial charge in [-0.1, -0.05) is 24.6 Å². The fourth-order valence-electron chi connectivity index (χ4n) is 5.85. The number of hydrogen-bond donors (Lipinski definition) is 0. The Bertz CT molecular complexity index is 1160. The van der Waals surface area contributed by atoms with E-state index < -0.39 is 5.97 Å². The standard InChI is InChI=1S/C26H33N3O5S/c1-33-25(32)18-10-11-20-21(14-18)27-26(29(24(20)31)15-19-8-5-13-34-19)35-16-23(30)28-12-4-7-17-6-2-3-9-22(17)28/h10-11,14,17,19,22H,2-9,12-13,15-16H2,1H3. The minimum Gasteiger partial charge on any atom is -0.465 e. The summed E-state index contributed by atoms with van der Waals surface area (Å²) < 4.78 is 12.3. The number of carbonyl (C=O) groups excluding carboxylic acids is 2. The first-order valence-electron chi connectivity index (χ1n) is 12.7. The van der Waals surface area contributed by atoms with Crippen LogP contribution in [-0.4, -0.2) is 64.5 Å². The molecule has 0 N–H and O–H groups in total. The van der Waals surface area contributed by atoms with Crippen LogP contribution in [0.2, 0.25) is 0 Å². The van der Waals surface area contributed by atoms with Crippen LogP contribution in [0.25, 0.3) is 10.9 Å². The van der Waals surface area contributed by atoms with E-state index in [1.165, 1.54) is 44.6 Å². The topological polar surface area (TPSA) is 90.7 Å². The van der Waals surface area contributed by atoms with E-state index in [-0.39, 0.29) is 23.3 Å². The Morgan fingerprint density at radius 3 is 2.77 bits per heavy atom. The predicted octanol–water partition coefficient (Wildman–Crippen LogP) is 3.64. The maximum Gasteiger partial charge on any atom is 0.337 e. The molecule has 3 unspecified atom stereocenters. The van der Waals surface area contributed by atoms with Gasteiger partial charge < -0.3 is 14.4 Å². The van der Waals surface area contributed by atoms with Crippen LogP contribution in [0.5, 0.6) is 0 Å². The molecule has 3 fully saturated rings. The molecule has 0 radical (unpaired) electrons. The number of esters is 1. The highest BCUT2D eigenvalue weighted by Gasteiger charge is 2.35. The summed E-state index contributed by atoms with van der Waals surface area (Å²) in [5, 5.41) is 0.929. The zero-order valence-electron chi connectivity index (χ0n) is 20.2. The summed E-state index contributed by atoms with van der Waals surface area (Å²) in [6.07, 6.45) is 8.87. The van der Waals surface area contributed by atoms with Gasteiger partial charge in [0.15, 0.2) is 5.16 Å². The second-order valence-electron chi connectivity index (χ2n) is 9.80. The molecular weight excluding hydrogens is 466 g/mol. The van der Waals surface area contributed by atoms with Gasteiger partial charge in [-0.15, -0.1) is 0 Å². The molecule has 9 heteroatoms. The van der Waals surface area contributed by atoms with Gasteiger partial charge in [0.25, 0.3) is 5.56 Å². The molecule has 1 aliphatic carbocycles. The highest BCUT2D eigenvalue weighted by atomic mass is 32.2. The SMILES string of the molecule is COC(=O)c1ccc2c(=O)n(CC3CCCO3)c(SCC(=O)N3CCCC4CCCCC43)nc2c1. The molecule has 0 bridgehead atoms. The minimum absolute atomic E-state index is 0.0403. The zero-order chi connectivity index (χ0) is 24.4. The van der Waals surface area contributed by atoms with Crippen molar-refractivity contribution in [2.24, 2.45) is 5.92 Å². The number of hydrogen-bond acceptors (Lipinski definition) is 7. The van der Waals surface area contributed by atoms with E-state index in [0.717, 1.165) is 32.2 Å². The number of likely N-dealkylation sites (tertiary alicyclic amines) is 1.